The van der Waals surface area contributed by atoms with Gasteiger partial charge in [-0.15, -0.1) is 0 Å². The van der Waals surface area contributed by atoms with Crippen molar-refractivity contribution in [1.29, 1.82) is 0 Å². The molecule has 12 nitrogen and oxygen atoms in total. The van der Waals surface area contributed by atoms with E-state index < -0.39 is 36.0 Å². The smallest absolute Gasteiger partial charge is 0.335 e. The number of phenolic OH excluding ortho intramolecular Hbond substituents is 2. The molecule has 182 valence electrons. The lowest BCUT2D eigenvalue weighted by atomic mass is 10.1. The summed E-state index contributed by atoms with van der Waals surface area (Å²) in [7, 11) is -9.12. The van der Waals surface area contributed by atoms with Crippen molar-refractivity contribution in [2.45, 2.75) is 9.79 Å². The molecule has 0 radical (unpaired) electrons. The van der Waals surface area contributed by atoms with Crippen molar-refractivity contribution in [3.05, 3.63) is 71.3 Å². The largest absolute Gasteiger partial charge is 0.507 e. The van der Waals surface area contributed by atoms with Gasteiger partial charge in [-0.25, -0.2) is 4.79 Å². The average molecular weight is 520 g/mol. The summed E-state index contributed by atoms with van der Waals surface area (Å²) in [6.45, 7) is 0. The van der Waals surface area contributed by atoms with E-state index >= 15 is 0 Å². The van der Waals surface area contributed by atoms with Crippen LogP contribution in [0.5, 0.6) is 11.5 Å². The summed E-state index contributed by atoms with van der Waals surface area (Å²) < 4.78 is 63.8. The molecule has 14 heteroatoms. The average Bonchev–Trinajstić information content (AvgIpc) is 2.76. The normalized spacial score (nSPS) is 12.4. The van der Waals surface area contributed by atoms with Crippen molar-refractivity contribution in [3.8, 4) is 11.5 Å². The Labute approximate surface area is 198 Å². The van der Waals surface area contributed by atoms with Crippen molar-refractivity contribution in [2.75, 3.05) is 0 Å². The van der Waals surface area contributed by atoms with E-state index in [0.717, 1.165) is 54.9 Å². The van der Waals surface area contributed by atoms with E-state index in [1.54, 1.807) is 0 Å². The predicted molar refractivity (Wildman–Crippen MR) is 124 cm³/mol. The van der Waals surface area contributed by atoms with E-state index in [4.69, 9.17) is 0 Å². The maximum atomic E-state index is 11.4. The van der Waals surface area contributed by atoms with Crippen LogP contribution >= 0.6 is 0 Å². The van der Waals surface area contributed by atoms with Crippen molar-refractivity contribution in [1.82, 2.24) is 0 Å². The molecule has 3 rings (SSSR count). The molecule has 0 heterocycles. The Kier molecular flexibility index (Phi) is 7.02. The summed E-state index contributed by atoms with van der Waals surface area (Å²) in [5, 5.41) is 29.2. The van der Waals surface area contributed by atoms with E-state index in [0.29, 0.717) is 0 Å². The lowest BCUT2D eigenvalue weighted by Gasteiger charge is -2.05. The first-order valence-corrected chi connectivity index (χ1v) is 12.2. The third-order valence-corrected chi connectivity index (χ3v) is 6.20. The van der Waals surface area contributed by atoms with Crippen LogP contribution in [0.3, 0.4) is 0 Å². The summed E-state index contributed by atoms with van der Waals surface area (Å²) in [5.41, 5.74) is -0.384. The Morgan fingerprint density at radius 3 is 1.57 bits per heavy atom. The van der Waals surface area contributed by atoms with Crippen molar-refractivity contribution >= 4 is 50.0 Å². The molecule has 35 heavy (non-hydrogen) atoms. The Morgan fingerprint density at radius 1 is 0.686 bits per heavy atom. The Bertz CT molecular complexity index is 1590. The molecule has 0 fully saturated rings. The number of nitrogens with zero attached hydrogens (tertiary/aromatic N) is 2. The van der Waals surface area contributed by atoms with Gasteiger partial charge in [0.05, 0.1) is 26.7 Å². The molecule has 0 saturated heterocycles. The molecule has 3 aromatic rings. The topological polar surface area (TPSA) is 211 Å². The zero-order valence-electron chi connectivity index (χ0n) is 17.3. The number of aromatic hydroxyl groups is 2. The Balaban J connectivity index is 2.07. The fourth-order valence-corrected chi connectivity index (χ4v) is 3.77. The number of carboxylic acid groups (broad SMARTS) is 1. The molecule has 0 aliphatic heterocycles. The van der Waals surface area contributed by atoms with Crippen LogP contribution in [0.15, 0.2) is 74.4 Å². The molecule has 0 atom stereocenters. The van der Waals surface area contributed by atoms with Crippen LogP contribution in [0.1, 0.15) is 21.5 Å². The number of hydrogen-bond acceptors (Lipinski definition) is 9. The van der Waals surface area contributed by atoms with Crippen LogP contribution < -0.4 is 0 Å². The van der Waals surface area contributed by atoms with Crippen LogP contribution in [0.4, 0.5) is 11.4 Å². The third-order valence-electron chi connectivity index (χ3n) is 4.50. The van der Waals surface area contributed by atoms with E-state index in [1.165, 1.54) is 12.1 Å². The number of carboxylic acids is 1. The number of carbonyl (C=O) groups is 1. The number of phenols is 2. The van der Waals surface area contributed by atoms with E-state index in [-0.39, 0.29) is 39.6 Å². The molecule has 0 aliphatic carbocycles. The van der Waals surface area contributed by atoms with Gasteiger partial charge in [-0.1, -0.05) is 0 Å². The zero-order chi connectivity index (χ0) is 26.0. The maximum Gasteiger partial charge on any atom is 0.335 e. The number of aromatic carboxylic acids is 1. The highest BCUT2D eigenvalue weighted by atomic mass is 32.2. The zero-order valence-corrected chi connectivity index (χ0v) is 19.0. The fourth-order valence-electron chi connectivity index (χ4n) is 2.74. The molecule has 0 aromatic heterocycles. The van der Waals surface area contributed by atoms with Crippen molar-refractivity contribution in [2.24, 2.45) is 9.98 Å². The van der Waals surface area contributed by atoms with Gasteiger partial charge in [0, 0.05) is 23.6 Å². The van der Waals surface area contributed by atoms with Gasteiger partial charge in [0.15, 0.2) is 0 Å². The predicted octanol–water partition coefficient (Wildman–Crippen LogP) is 2.79. The highest BCUT2D eigenvalue weighted by Gasteiger charge is 2.14. The van der Waals surface area contributed by atoms with Crippen LogP contribution in [-0.2, 0) is 20.2 Å². The molecule has 0 saturated carbocycles. The first-order chi connectivity index (χ1) is 16.3. The molecule has 0 unspecified atom stereocenters. The second kappa shape index (κ2) is 9.63. The summed E-state index contributed by atoms with van der Waals surface area (Å²) in [4.78, 5) is 18.5. The van der Waals surface area contributed by atoms with Crippen LogP contribution in [-0.4, -0.2) is 59.7 Å². The second-order valence-electron chi connectivity index (χ2n) is 6.92. The molecular weight excluding hydrogens is 504 g/mol. The lowest BCUT2D eigenvalue weighted by Crippen LogP contribution is -1.99. The third kappa shape index (κ3) is 6.27. The van der Waals surface area contributed by atoms with Gasteiger partial charge >= 0.3 is 5.97 Å². The standard InChI is InChI=1S/C21H16N2O10S2/c24-19-5-2-15(34(28,29)30)7-13(19)10-22-17-4-1-12(21(26)27)9-18(17)23-11-14-8-16(35(31,32)33)3-6-20(14)25/h1-11,24-25H,(H,26,27)(H,28,29,30)(H,31,32,33). The van der Waals surface area contributed by atoms with E-state index in [9.17, 15) is 46.1 Å². The van der Waals surface area contributed by atoms with E-state index in [2.05, 4.69) is 9.98 Å². The SMILES string of the molecule is O=C(O)c1ccc(N=Cc2cc(S(=O)(=O)O)ccc2O)c(N=Cc2cc(S(=O)(=O)O)ccc2O)c1. The summed E-state index contributed by atoms with van der Waals surface area (Å²) in [5.74, 6) is -2.03. The molecule has 0 amide bonds. The van der Waals surface area contributed by atoms with Crippen LogP contribution in [0.25, 0.3) is 0 Å². The summed E-state index contributed by atoms with van der Waals surface area (Å²) >= 11 is 0. The van der Waals surface area contributed by atoms with Gasteiger partial charge in [-0.2, -0.15) is 16.8 Å². The van der Waals surface area contributed by atoms with Gasteiger partial charge in [0.1, 0.15) is 11.5 Å². The number of benzene rings is 3. The maximum absolute atomic E-state index is 11.4. The minimum absolute atomic E-state index is 0.0494. The number of rotatable bonds is 7. The highest BCUT2D eigenvalue weighted by molar-refractivity contribution is 7.86. The number of aliphatic imine (C=N–C) groups is 2. The van der Waals surface area contributed by atoms with Gasteiger partial charge in [-0.05, 0) is 54.6 Å². The second-order valence-corrected chi connectivity index (χ2v) is 9.76. The summed E-state index contributed by atoms with van der Waals surface area (Å²) in [6.07, 6.45) is 2.07. The molecule has 0 bridgehead atoms. The Morgan fingerprint density at radius 2 is 1.14 bits per heavy atom. The van der Waals surface area contributed by atoms with Crippen LogP contribution in [0.2, 0.25) is 0 Å². The first-order valence-electron chi connectivity index (χ1n) is 9.32. The quantitative estimate of drug-likeness (QED) is 0.227. The number of hydrogen-bond donors (Lipinski definition) is 5. The first kappa shape index (κ1) is 25.5. The van der Waals surface area contributed by atoms with Gasteiger partial charge < -0.3 is 15.3 Å². The molecule has 5 N–H and O–H groups in total. The van der Waals surface area contributed by atoms with Crippen molar-refractivity contribution < 1.29 is 46.1 Å². The Hall–Kier alpha value is -4.11. The highest BCUT2D eigenvalue weighted by Crippen LogP contribution is 2.31. The molecule has 0 spiro atoms. The van der Waals surface area contributed by atoms with Gasteiger partial charge in [0.25, 0.3) is 20.2 Å². The van der Waals surface area contributed by atoms with E-state index in [1.807, 2.05) is 0 Å². The van der Waals surface area contributed by atoms with Gasteiger partial charge in [-0.3, -0.25) is 19.1 Å². The molecule has 0 aliphatic rings. The molecule has 3 aromatic carbocycles. The monoisotopic (exact) mass is 520 g/mol. The minimum Gasteiger partial charge on any atom is -0.507 e. The van der Waals surface area contributed by atoms with Crippen LogP contribution in [0, 0.1) is 0 Å². The van der Waals surface area contributed by atoms with Gasteiger partial charge in [0.2, 0.25) is 0 Å². The summed E-state index contributed by atoms with van der Waals surface area (Å²) in [6, 6.07) is 9.50. The lowest BCUT2D eigenvalue weighted by molar-refractivity contribution is 0.0697. The molecular formula is C21H16N2O10S2. The van der Waals surface area contributed by atoms with Crippen molar-refractivity contribution in [3.63, 3.8) is 0 Å². The fraction of sp³-hybridized carbons (Fsp3) is 0. The minimum atomic E-state index is -4.57.